The summed E-state index contributed by atoms with van der Waals surface area (Å²) >= 11 is 5.82. The number of hydrogen-bond donors (Lipinski definition) is 1. The molecule has 0 saturated heterocycles. The molecule has 0 amide bonds. The fourth-order valence-electron chi connectivity index (χ4n) is 2.00. The van der Waals surface area contributed by atoms with Gasteiger partial charge in [-0.2, -0.15) is 0 Å². The fourth-order valence-corrected chi connectivity index (χ4v) is 2.13. The Hall–Kier alpha value is -1.64. The van der Waals surface area contributed by atoms with Crippen LogP contribution in [0, 0.1) is 5.92 Å². The maximum absolute atomic E-state index is 12.3. The number of benzene rings is 2. The van der Waals surface area contributed by atoms with Gasteiger partial charge in [-0.05, 0) is 29.8 Å². The van der Waals surface area contributed by atoms with Crippen LogP contribution in [0.2, 0.25) is 5.02 Å². The fraction of sp³-hybridized carbons (Fsp3) is 0.188. The van der Waals surface area contributed by atoms with Crippen LogP contribution in [0.1, 0.15) is 28.9 Å². The molecule has 2 aromatic rings. The largest absolute Gasteiger partial charge is 0.323 e. The molecular formula is C16H16ClNO. The molecule has 0 aromatic heterocycles. The molecule has 19 heavy (non-hydrogen) atoms. The molecular weight excluding hydrogens is 258 g/mol. The number of rotatable bonds is 4. The maximum atomic E-state index is 12.3. The van der Waals surface area contributed by atoms with E-state index in [1.54, 1.807) is 24.3 Å². The summed E-state index contributed by atoms with van der Waals surface area (Å²) in [6.45, 7) is 1.86. The minimum absolute atomic E-state index is 0.0352. The topological polar surface area (TPSA) is 43.1 Å². The highest BCUT2D eigenvalue weighted by Gasteiger charge is 2.23. The van der Waals surface area contributed by atoms with Gasteiger partial charge in [0.05, 0.1) is 0 Å². The third kappa shape index (κ3) is 3.22. The van der Waals surface area contributed by atoms with Crippen LogP contribution in [-0.2, 0) is 0 Å². The van der Waals surface area contributed by atoms with E-state index in [0.717, 1.165) is 5.56 Å². The molecule has 0 bridgehead atoms. The zero-order chi connectivity index (χ0) is 13.8. The standard InChI is InChI=1S/C16H16ClNO/c1-11(15(18)12-5-3-2-4-6-12)16(19)13-7-9-14(17)10-8-13/h2-11,15H,18H2,1H3. The summed E-state index contributed by atoms with van der Waals surface area (Å²) in [6, 6.07) is 16.3. The van der Waals surface area contributed by atoms with Crippen LogP contribution in [0.25, 0.3) is 0 Å². The van der Waals surface area contributed by atoms with Gasteiger partial charge in [-0.1, -0.05) is 48.9 Å². The third-order valence-corrected chi connectivity index (χ3v) is 3.52. The minimum atomic E-state index is -0.302. The van der Waals surface area contributed by atoms with Crippen LogP contribution in [0.4, 0.5) is 0 Å². The lowest BCUT2D eigenvalue weighted by molar-refractivity contribution is 0.0913. The maximum Gasteiger partial charge on any atom is 0.167 e. The molecule has 2 atom stereocenters. The third-order valence-electron chi connectivity index (χ3n) is 3.27. The average molecular weight is 274 g/mol. The Morgan fingerprint density at radius 2 is 1.63 bits per heavy atom. The van der Waals surface area contributed by atoms with Gasteiger partial charge in [0, 0.05) is 22.5 Å². The molecule has 2 aromatic carbocycles. The molecule has 0 saturated carbocycles. The molecule has 3 heteroatoms. The molecule has 2 N–H and O–H groups in total. The summed E-state index contributed by atoms with van der Waals surface area (Å²) in [5.74, 6) is -0.239. The van der Waals surface area contributed by atoms with Crippen molar-refractivity contribution in [2.75, 3.05) is 0 Å². The normalized spacial score (nSPS) is 13.8. The zero-order valence-corrected chi connectivity index (χ0v) is 11.5. The van der Waals surface area contributed by atoms with Crippen molar-refractivity contribution in [3.05, 3.63) is 70.7 Å². The Labute approximate surface area is 118 Å². The SMILES string of the molecule is CC(C(=O)c1ccc(Cl)cc1)C(N)c1ccccc1. The van der Waals surface area contributed by atoms with Crippen molar-refractivity contribution in [3.63, 3.8) is 0 Å². The van der Waals surface area contributed by atoms with E-state index in [4.69, 9.17) is 17.3 Å². The van der Waals surface area contributed by atoms with Gasteiger partial charge in [-0.25, -0.2) is 0 Å². The van der Waals surface area contributed by atoms with Crippen LogP contribution in [0.15, 0.2) is 54.6 Å². The van der Waals surface area contributed by atoms with Crippen LogP contribution in [0.3, 0.4) is 0 Å². The number of halogens is 1. The zero-order valence-electron chi connectivity index (χ0n) is 10.7. The Bertz CT molecular complexity index is 551. The molecule has 0 aliphatic heterocycles. The van der Waals surface area contributed by atoms with E-state index in [2.05, 4.69) is 0 Å². The van der Waals surface area contributed by atoms with Gasteiger partial charge in [0.25, 0.3) is 0 Å². The van der Waals surface area contributed by atoms with Crippen molar-refractivity contribution in [1.29, 1.82) is 0 Å². The summed E-state index contributed by atoms with van der Waals surface area (Å²) < 4.78 is 0. The van der Waals surface area contributed by atoms with Crippen molar-refractivity contribution in [3.8, 4) is 0 Å². The summed E-state index contributed by atoms with van der Waals surface area (Å²) in [4.78, 5) is 12.3. The molecule has 98 valence electrons. The van der Waals surface area contributed by atoms with E-state index in [-0.39, 0.29) is 17.7 Å². The second kappa shape index (κ2) is 6.00. The van der Waals surface area contributed by atoms with Crippen molar-refractivity contribution < 1.29 is 4.79 Å². The first-order valence-corrected chi connectivity index (χ1v) is 6.57. The smallest absolute Gasteiger partial charge is 0.167 e. The molecule has 0 radical (unpaired) electrons. The number of hydrogen-bond acceptors (Lipinski definition) is 2. The van der Waals surface area contributed by atoms with Crippen LogP contribution in [-0.4, -0.2) is 5.78 Å². The van der Waals surface area contributed by atoms with E-state index in [0.29, 0.717) is 10.6 Å². The van der Waals surface area contributed by atoms with Crippen LogP contribution < -0.4 is 5.73 Å². The van der Waals surface area contributed by atoms with Crippen LogP contribution in [0.5, 0.6) is 0 Å². The van der Waals surface area contributed by atoms with Gasteiger partial charge in [-0.15, -0.1) is 0 Å². The van der Waals surface area contributed by atoms with Gasteiger partial charge < -0.3 is 5.73 Å². The first-order chi connectivity index (χ1) is 9.09. The lowest BCUT2D eigenvalue weighted by atomic mass is 9.89. The number of carbonyl (C=O) groups excluding carboxylic acids is 1. The van der Waals surface area contributed by atoms with E-state index in [1.165, 1.54) is 0 Å². The van der Waals surface area contributed by atoms with E-state index >= 15 is 0 Å². The summed E-state index contributed by atoms with van der Waals surface area (Å²) in [5, 5.41) is 0.622. The van der Waals surface area contributed by atoms with Crippen LogP contribution >= 0.6 is 11.6 Å². The van der Waals surface area contributed by atoms with E-state index in [1.807, 2.05) is 37.3 Å². The van der Waals surface area contributed by atoms with Gasteiger partial charge in [0.15, 0.2) is 5.78 Å². The second-order valence-corrected chi connectivity index (χ2v) is 5.03. The number of Topliss-reactive ketones (excluding diaryl/α,β-unsaturated/α-hetero) is 1. The van der Waals surface area contributed by atoms with Gasteiger partial charge in [0.1, 0.15) is 0 Å². The quantitative estimate of drug-likeness (QED) is 0.860. The molecule has 0 fully saturated rings. The highest BCUT2D eigenvalue weighted by Crippen LogP contribution is 2.23. The van der Waals surface area contributed by atoms with Gasteiger partial charge in [-0.3, -0.25) is 4.79 Å². The lowest BCUT2D eigenvalue weighted by Gasteiger charge is -2.19. The molecule has 0 aliphatic carbocycles. The Morgan fingerprint density at radius 1 is 1.05 bits per heavy atom. The first-order valence-electron chi connectivity index (χ1n) is 6.20. The minimum Gasteiger partial charge on any atom is -0.323 e. The summed E-state index contributed by atoms with van der Waals surface area (Å²) in [5.41, 5.74) is 7.77. The van der Waals surface area contributed by atoms with Gasteiger partial charge in [0.2, 0.25) is 0 Å². The predicted octanol–water partition coefficient (Wildman–Crippen LogP) is 3.86. The van der Waals surface area contributed by atoms with Gasteiger partial charge >= 0.3 is 0 Å². The Kier molecular flexibility index (Phi) is 4.35. The van der Waals surface area contributed by atoms with Crippen molar-refractivity contribution >= 4 is 17.4 Å². The lowest BCUT2D eigenvalue weighted by Crippen LogP contribution is -2.26. The number of nitrogens with two attached hydrogens (primary N) is 1. The number of carbonyl (C=O) groups is 1. The highest BCUT2D eigenvalue weighted by molar-refractivity contribution is 6.30. The molecule has 0 heterocycles. The first kappa shape index (κ1) is 13.8. The van der Waals surface area contributed by atoms with Crippen molar-refractivity contribution in [1.82, 2.24) is 0 Å². The summed E-state index contributed by atoms with van der Waals surface area (Å²) in [7, 11) is 0. The Balaban J connectivity index is 2.17. The monoisotopic (exact) mass is 273 g/mol. The highest BCUT2D eigenvalue weighted by atomic mass is 35.5. The van der Waals surface area contributed by atoms with Crippen molar-refractivity contribution in [2.45, 2.75) is 13.0 Å². The summed E-state index contributed by atoms with van der Waals surface area (Å²) in [6.07, 6.45) is 0. The second-order valence-electron chi connectivity index (χ2n) is 4.60. The van der Waals surface area contributed by atoms with Crippen molar-refractivity contribution in [2.24, 2.45) is 11.7 Å². The van der Waals surface area contributed by atoms with E-state index < -0.39 is 0 Å². The van der Waals surface area contributed by atoms with E-state index in [9.17, 15) is 4.79 Å². The molecule has 2 nitrogen and oxygen atoms in total. The Morgan fingerprint density at radius 3 is 2.21 bits per heavy atom. The molecule has 0 spiro atoms. The molecule has 2 rings (SSSR count). The number of ketones is 1. The average Bonchev–Trinajstić information content (AvgIpc) is 2.46. The predicted molar refractivity (Wildman–Crippen MR) is 78.3 cm³/mol. The molecule has 0 aliphatic rings. The molecule has 2 unspecified atom stereocenters.